The molecule has 0 fully saturated rings. The Kier molecular flexibility index (Phi) is 6.09. The van der Waals surface area contributed by atoms with Crippen molar-refractivity contribution in [2.45, 2.75) is 19.9 Å². The monoisotopic (exact) mass is 430 g/mol. The molecule has 2 heterocycles. The van der Waals surface area contributed by atoms with Crippen LogP contribution < -0.4 is 14.9 Å². The van der Waals surface area contributed by atoms with E-state index in [-0.39, 0.29) is 12.2 Å². The highest BCUT2D eigenvalue weighted by Crippen LogP contribution is 2.30. The van der Waals surface area contributed by atoms with Gasteiger partial charge < -0.3 is 4.74 Å². The zero-order valence-electron chi connectivity index (χ0n) is 17.3. The Morgan fingerprint density at radius 1 is 1.13 bits per heavy atom. The lowest BCUT2D eigenvalue weighted by Gasteiger charge is -2.24. The summed E-state index contributed by atoms with van der Waals surface area (Å²) in [4.78, 5) is 31.3. The van der Waals surface area contributed by atoms with E-state index < -0.39 is 12.0 Å². The number of hydrogen-bond acceptors (Lipinski definition) is 5. The molecule has 2 aromatic carbocycles. The second kappa shape index (κ2) is 9.10. The van der Waals surface area contributed by atoms with Crippen molar-refractivity contribution in [2.75, 3.05) is 6.61 Å². The maximum Gasteiger partial charge on any atom is 0.338 e. The third-order valence-electron chi connectivity index (χ3n) is 4.97. The number of hydrogen-bond donors (Lipinski definition) is 0. The molecule has 0 amide bonds. The van der Waals surface area contributed by atoms with Crippen LogP contribution in [0.2, 0.25) is 0 Å². The number of ether oxygens (including phenoxy) is 1. The van der Waals surface area contributed by atoms with Crippen molar-refractivity contribution in [3.8, 4) is 0 Å². The molecular formula is C25H22N2O3S. The van der Waals surface area contributed by atoms with Crippen LogP contribution in [-0.2, 0) is 9.53 Å². The Bertz CT molecular complexity index is 1330. The van der Waals surface area contributed by atoms with Gasteiger partial charge in [0.25, 0.3) is 5.56 Å². The molecule has 1 aromatic heterocycles. The van der Waals surface area contributed by atoms with Crippen LogP contribution in [0.4, 0.5) is 0 Å². The minimum Gasteiger partial charge on any atom is -0.463 e. The van der Waals surface area contributed by atoms with E-state index in [2.05, 4.69) is 4.99 Å². The Labute approximate surface area is 184 Å². The Morgan fingerprint density at radius 2 is 1.81 bits per heavy atom. The van der Waals surface area contributed by atoms with Crippen LogP contribution in [-0.4, -0.2) is 17.1 Å². The summed E-state index contributed by atoms with van der Waals surface area (Å²) >= 11 is 1.32. The summed E-state index contributed by atoms with van der Waals surface area (Å²) in [6, 6.07) is 18.8. The van der Waals surface area contributed by atoms with Crippen LogP contribution in [0.5, 0.6) is 0 Å². The van der Waals surface area contributed by atoms with Gasteiger partial charge in [-0.25, -0.2) is 9.79 Å². The van der Waals surface area contributed by atoms with Gasteiger partial charge >= 0.3 is 5.97 Å². The van der Waals surface area contributed by atoms with Gasteiger partial charge in [0.2, 0.25) is 0 Å². The minimum atomic E-state index is -0.572. The van der Waals surface area contributed by atoms with E-state index in [0.29, 0.717) is 20.6 Å². The van der Waals surface area contributed by atoms with Crippen LogP contribution in [0, 0.1) is 0 Å². The third-order valence-corrected chi connectivity index (χ3v) is 5.97. The van der Waals surface area contributed by atoms with Crippen molar-refractivity contribution in [3.05, 3.63) is 109 Å². The SMILES string of the molecule is CCOC(=O)C1=C(C)N=c2s/c(=C/C=C\c3ccccc3)c(=O)n2C1c1ccccc1. The average Bonchev–Trinajstić information content (AvgIpc) is 3.09. The van der Waals surface area contributed by atoms with Gasteiger partial charge in [-0.3, -0.25) is 9.36 Å². The number of benzene rings is 2. The highest BCUT2D eigenvalue weighted by atomic mass is 32.1. The summed E-state index contributed by atoms with van der Waals surface area (Å²) in [6.45, 7) is 3.81. The van der Waals surface area contributed by atoms with Gasteiger partial charge in [0.1, 0.15) is 0 Å². The predicted octanol–water partition coefficient (Wildman–Crippen LogP) is 3.46. The first kappa shape index (κ1) is 20.8. The summed E-state index contributed by atoms with van der Waals surface area (Å²) in [5.74, 6) is -0.448. The number of fused-ring (bicyclic) bond motifs is 1. The lowest BCUT2D eigenvalue weighted by Crippen LogP contribution is -2.39. The van der Waals surface area contributed by atoms with Gasteiger partial charge in [0.15, 0.2) is 4.80 Å². The average molecular weight is 431 g/mol. The normalized spacial score (nSPS) is 16.3. The molecule has 0 saturated heterocycles. The minimum absolute atomic E-state index is 0.176. The van der Waals surface area contributed by atoms with Crippen LogP contribution in [0.1, 0.15) is 31.0 Å². The molecule has 5 nitrogen and oxygen atoms in total. The molecule has 31 heavy (non-hydrogen) atoms. The zero-order valence-corrected chi connectivity index (χ0v) is 18.1. The number of aromatic nitrogens is 1. The summed E-state index contributed by atoms with van der Waals surface area (Å²) in [6.07, 6.45) is 5.60. The van der Waals surface area contributed by atoms with Gasteiger partial charge in [-0.1, -0.05) is 84.2 Å². The Morgan fingerprint density at radius 3 is 2.48 bits per heavy atom. The second-order valence-electron chi connectivity index (χ2n) is 7.01. The second-order valence-corrected chi connectivity index (χ2v) is 8.01. The van der Waals surface area contributed by atoms with E-state index in [9.17, 15) is 9.59 Å². The molecule has 0 saturated carbocycles. The summed E-state index contributed by atoms with van der Waals surface area (Å²) < 4.78 is 7.45. The van der Waals surface area contributed by atoms with Gasteiger partial charge in [-0.2, -0.15) is 0 Å². The molecule has 1 aliphatic heterocycles. The predicted molar refractivity (Wildman–Crippen MR) is 123 cm³/mol. The molecule has 1 atom stereocenters. The number of nitrogens with zero attached hydrogens (tertiary/aromatic N) is 2. The maximum atomic E-state index is 13.3. The topological polar surface area (TPSA) is 60.7 Å². The fourth-order valence-corrected chi connectivity index (χ4v) is 4.57. The molecule has 3 aromatic rings. The standard InChI is InChI=1S/C25H22N2O3S/c1-3-30-24(29)21-17(2)26-25-27(22(21)19-14-8-5-9-15-19)23(28)20(31-25)16-10-13-18-11-6-4-7-12-18/h4-16,22H,3H2,1-2H3/b13-10-,20-16+. The Hall–Kier alpha value is -3.51. The maximum absolute atomic E-state index is 13.3. The van der Waals surface area contributed by atoms with Gasteiger partial charge in [-0.05, 0) is 31.1 Å². The summed E-state index contributed by atoms with van der Waals surface area (Å²) in [5, 5.41) is 0. The summed E-state index contributed by atoms with van der Waals surface area (Å²) in [5.41, 5.74) is 2.68. The molecule has 0 N–H and O–H groups in total. The van der Waals surface area contributed by atoms with Crippen molar-refractivity contribution in [2.24, 2.45) is 4.99 Å². The van der Waals surface area contributed by atoms with Crippen molar-refractivity contribution in [3.63, 3.8) is 0 Å². The molecular weight excluding hydrogens is 408 g/mol. The molecule has 0 spiro atoms. The zero-order chi connectivity index (χ0) is 21.8. The van der Waals surface area contributed by atoms with Gasteiger partial charge in [0.05, 0.1) is 28.5 Å². The third kappa shape index (κ3) is 4.20. The van der Waals surface area contributed by atoms with E-state index in [0.717, 1.165) is 11.1 Å². The fourth-order valence-electron chi connectivity index (χ4n) is 3.57. The van der Waals surface area contributed by atoms with Crippen molar-refractivity contribution in [1.29, 1.82) is 0 Å². The molecule has 6 heteroatoms. The van der Waals surface area contributed by atoms with Gasteiger partial charge in [-0.15, -0.1) is 0 Å². The first-order valence-electron chi connectivity index (χ1n) is 10.1. The molecule has 0 radical (unpaired) electrons. The smallest absolute Gasteiger partial charge is 0.338 e. The van der Waals surface area contributed by atoms with E-state index >= 15 is 0 Å². The molecule has 0 bridgehead atoms. The molecule has 1 aliphatic rings. The first-order chi connectivity index (χ1) is 15.1. The lowest BCUT2D eigenvalue weighted by atomic mass is 9.96. The van der Waals surface area contributed by atoms with E-state index in [1.807, 2.05) is 72.8 Å². The van der Waals surface area contributed by atoms with Gasteiger partial charge in [0, 0.05) is 0 Å². The van der Waals surface area contributed by atoms with Crippen LogP contribution >= 0.6 is 11.3 Å². The molecule has 0 aliphatic carbocycles. The van der Waals surface area contributed by atoms with Crippen LogP contribution in [0.25, 0.3) is 12.2 Å². The van der Waals surface area contributed by atoms with Crippen molar-refractivity contribution < 1.29 is 9.53 Å². The quantitative estimate of drug-likeness (QED) is 0.583. The number of esters is 1. The summed E-state index contributed by atoms with van der Waals surface area (Å²) in [7, 11) is 0. The Balaban J connectivity index is 1.85. The number of rotatable bonds is 5. The van der Waals surface area contributed by atoms with Crippen molar-refractivity contribution in [1.82, 2.24) is 4.57 Å². The first-order valence-corrected chi connectivity index (χ1v) is 10.9. The van der Waals surface area contributed by atoms with E-state index in [4.69, 9.17) is 4.74 Å². The van der Waals surface area contributed by atoms with E-state index in [1.54, 1.807) is 24.5 Å². The van der Waals surface area contributed by atoms with Crippen molar-refractivity contribution >= 4 is 29.5 Å². The van der Waals surface area contributed by atoms with E-state index in [1.165, 1.54) is 11.3 Å². The fraction of sp³-hybridized carbons (Fsp3) is 0.160. The molecule has 1 unspecified atom stereocenters. The lowest BCUT2D eigenvalue weighted by molar-refractivity contribution is -0.139. The number of carbonyl (C=O) groups excluding carboxylic acids is 1. The number of allylic oxidation sites excluding steroid dienone is 2. The van der Waals surface area contributed by atoms with Crippen LogP contribution in [0.15, 0.2) is 87.8 Å². The molecule has 4 rings (SSSR count). The number of carbonyl (C=O) groups is 1. The largest absolute Gasteiger partial charge is 0.463 e. The highest BCUT2D eigenvalue weighted by molar-refractivity contribution is 7.07. The van der Waals surface area contributed by atoms with Crippen LogP contribution in [0.3, 0.4) is 0 Å². The molecule has 156 valence electrons. The highest BCUT2D eigenvalue weighted by Gasteiger charge is 2.33. The number of thiazole rings is 1.